The van der Waals surface area contributed by atoms with Gasteiger partial charge in [-0.3, -0.25) is 4.79 Å². The Kier molecular flexibility index (Phi) is 7.17. The first-order chi connectivity index (χ1) is 16.4. The quantitative estimate of drug-likeness (QED) is 0.551. The van der Waals surface area contributed by atoms with Gasteiger partial charge >= 0.3 is 12.1 Å². The summed E-state index contributed by atoms with van der Waals surface area (Å²) in [6, 6.07) is 15.6. The van der Waals surface area contributed by atoms with Crippen molar-refractivity contribution in [2.24, 2.45) is 11.8 Å². The van der Waals surface area contributed by atoms with Crippen molar-refractivity contribution in [1.29, 1.82) is 0 Å². The lowest BCUT2D eigenvalue weighted by Crippen LogP contribution is -2.49. The number of rotatable bonds is 8. The molecule has 180 valence electrons. The first kappa shape index (κ1) is 23.8. The molecule has 3 atom stereocenters. The van der Waals surface area contributed by atoms with Gasteiger partial charge in [0.1, 0.15) is 6.61 Å². The van der Waals surface area contributed by atoms with Gasteiger partial charge in [0, 0.05) is 19.1 Å². The van der Waals surface area contributed by atoms with E-state index in [1.807, 2.05) is 38.1 Å². The number of carbonyl (C=O) groups is 3. The molecule has 2 aromatic rings. The third-order valence-electron chi connectivity index (χ3n) is 6.61. The molecule has 8 nitrogen and oxygen atoms in total. The van der Waals surface area contributed by atoms with Gasteiger partial charge in [-0.2, -0.15) is 0 Å². The van der Waals surface area contributed by atoms with Gasteiger partial charge in [-0.15, -0.1) is 0 Å². The van der Waals surface area contributed by atoms with Crippen LogP contribution < -0.4 is 10.6 Å². The van der Waals surface area contributed by atoms with Crippen molar-refractivity contribution < 1.29 is 29.0 Å². The predicted molar refractivity (Wildman–Crippen MR) is 125 cm³/mol. The molecule has 1 fully saturated rings. The normalized spacial score (nSPS) is 19.9. The Morgan fingerprint density at radius 2 is 1.68 bits per heavy atom. The molecule has 8 heteroatoms. The van der Waals surface area contributed by atoms with Gasteiger partial charge in [-0.05, 0) is 34.6 Å². The smallest absolute Gasteiger partial charge is 0.407 e. The summed E-state index contributed by atoms with van der Waals surface area (Å²) in [5.41, 5.74) is 4.56. The highest BCUT2D eigenvalue weighted by molar-refractivity contribution is 5.82. The molecule has 0 radical (unpaired) electrons. The minimum absolute atomic E-state index is 0.0438. The van der Waals surface area contributed by atoms with Crippen LogP contribution in [0.15, 0.2) is 48.5 Å². The molecule has 0 bridgehead atoms. The Balaban J connectivity index is 1.33. The highest BCUT2D eigenvalue weighted by Gasteiger charge is 2.37. The van der Waals surface area contributed by atoms with E-state index in [1.165, 1.54) is 0 Å². The van der Waals surface area contributed by atoms with Crippen molar-refractivity contribution in [2.45, 2.75) is 38.3 Å². The Morgan fingerprint density at radius 3 is 2.26 bits per heavy atom. The Bertz CT molecular complexity index is 1020. The number of hydrogen-bond acceptors (Lipinski definition) is 5. The second-order valence-electron chi connectivity index (χ2n) is 9.09. The maximum Gasteiger partial charge on any atom is 0.407 e. The Morgan fingerprint density at radius 1 is 1.06 bits per heavy atom. The largest absolute Gasteiger partial charge is 0.479 e. The maximum atomic E-state index is 12.8. The average Bonchev–Trinajstić information content (AvgIpc) is 3.40. The molecule has 1 heterocycles. The van der Waals surface area contributed by atoms with Crippen LogP contribution in [-0.2, 0) is 19.1 Å². The zero-order chi connectivity index (χ0) is 24.2. The van der Waals surface area contributed by atoms with Crippen molar-refractivity contribution in [3.63, 3.8) is 0 Å². The van der Waals surface area contributed by atoms with Gasteiger partial charge in [0.05, 0.1) is 12.0 Å². The summed E-state index contributed by atoms with van der Waals surface area (Å²) in [5, 5.41) is 14.7. The fourth-order valence-electron chi connectivity index (χ4n) is 4.74. The molecule has 2 aromatic carbocycles. The molecule has 1 aliphatic carbocycles. The molecule has 0 saturated carbocycles. The number of amides is 2. The molecule has 3 N–H and O–H groups in total. The maximum absolute atomic E-state index is 12.8. The van der Waals surface area contributed by atoms with Crippen LogP contribution in [-0.4, -0.2) is 55.0 Å². The number of hydrogen-bond donors (Lipinski definition) is 3. The van der Waals surface area contributed by atoms with Gasteiger partial charge in [0.15, 0.2) is 6.10 Å². The number of carbonyl (C=O) groups excluding carboxylic acids is 2. The van der Waals surface area contributed by atoms with Crippen LogP contribution in [0, 0.1) is 11.8 Å². The molecule has 34 heavy (non-hydrogen) atoms. The van der Waals surface area contributed by atoms with E-state index < -0.39 is 30.1 Å². The Hall–Kier alpha value is -3.39. The number of nitrogens with one attached hydrogen (secondary N) is 2. The lowest BCUT2D eigenvalue weighted by atomic mass is 9.94. The minimum atomic E-state index is -1.10. The number of alkyl carbamates (subject to hydrolysis) is 1. The second-order valence-corrected chi connectivity index (χ2v) is 9.09. The molecule has 1 unspecified atom stereocenters. The van der Waals surface area contributed by atoms with Crippen LogP contribution in [0.25, 0.3) is 11.1 Å². The highest BCUT2D eigenvalue weighted by Crippen LogP contribution is 2.44. The summed E-state index contributed by atoms with van der Waals surface area (Å²) >= 11 is 0. The standard InChI is InChI=1S/C26H30N2O6/c1-15(2)20(24(29)28-22-11-12-33-23(22)25(30)31)13-27-26(32)34-14-21-18-9-5-3-7-16(18)17-8-4-6-10-19(17)21/h3-10,15,20-23H,11-14H2,1-2H3,(H,27,32)(H,28,29)(H,30,31)/t20?,22-,23+/m1/s1. The van der Waals surface area contributed by atoms with Crippen molar-refractivity contribution >= 4 is 18.0 Å². The van der Waals surface area contributed by atoms with Gasteiger partial charge < -0.3 is 25.2 Å². The SMILES string of the molecule is CC(C)C(CNC(=O)OCC1c2ccccc2-c2ccccc21)C(=O)N[C@@H]1CCO[C@@H]1C(=O)O. The molecule has 2 aliphatic rings. The number of ether oxygens (including phenoxy) is 2. The van der Waals surface area contributed by atoms with E-state index in [-0.39, 0.29) is 37.5 Å². The van der Waals surface area contributed by atoms with Gasteiger partial charge in [-0.1, -0.05) is 62.4 Å². The van der Waals surface area contributed by atoms with Crippen molar-refractivity contribution in [2.75, 3.05) is 19.8 Å². The monoisotopic (exact) mass is 466 g/mol. The number of carboxylic acid groups (broad SMARTS) is 1. The predicted octanol–water partition coefficient (Wildman–Crippen LogP) is 3.16. The average molecular weight is 467 g/mol. The van der Waals surface area contributed by atoms with Gasteiger partial charge in [0.2, 0.25) is 5.91 Å². The van der Waals surface area contributed by atoms with E-state index in [0.717, 1.165) is 22.3 Å². The molecule has 0 aromatic heterocycles. The summed E-state index contributed by atoms with van der Waals surface area (Å²) in [6.45, 7) is 4.32. The molecule has 4 rings (SSSR count). The molecule has 0 spiro atoms. The summed E-state index contributed by atoms with van der Waals surface area (Å²) < 4.78 is 10.7. The summed E-state index contributed by atoms with van der Waals surface area (Å²) in [6.07, 6.45) is -1.20. The zero-order valence-electron chi connectivity index (χ0n) is 19.3. The van der Waals surface area contributed by atoms with E-state index in [2.05, 4.69) is 34.9 Å². The summed E-state index contributed by atoms with van der Waals surface area (Å²) in [7, 11) is 0. The number of benzene rings is 2. The van der Waals surface area contributed by atoms with Crippen LogP contribution in [0.3, 0.4) is 0 Å². The van der Waals surface area contributed by atoms with E-state index in [0.29, 0.717) is 6.42 Å². The van der Waals surface area contributed by atoms with Crippen LogP contribution in [0.2, 0.25) is 0 Å². The van der Waals surface area contributed by atoms with Gasteiger partial charge in [0.25, 0.3) is 0 Å². The summed E-state index contributed by atoms with van der Waals surface area (Å²) in [5.74, 6) is -2.05. The fourth-order valence-corrected chi connectivity index (χ4v) is 4.74. The van der Waals surface area contributed by atoms with Crippen molar-refractivity contribution in [1.82, 2.24) is 10.6 Å². The second kappa shape index (κ2) is 10.3. The Labute approximate surface area is 198 Å². The molecule has 2 amide bonds. The minimum Gasteiger partial charge on any atom is -0.479 e. The fraction of sp³-hybridized carbons (Fsp3) is 0.423. The van der Waals surface area contributed by atoms with E-state index in [1.54, 1.807) is 0 Å². The zero-order valence-corrected chi connectivity index (χ0v) is 19.3. The van der Waals surface area contributed by atoms with Crippen molar-refractivity contribution in [3.8, 4) is 11.1 Å². The van der Waals surface area contributed by atoms with Crippen molar-refractivity contribution in [3.05, 3.63) is 59.7 Å². The number of fused-ring (bicyclic) bond motifs is 3. The van der Waals surface area contributed by atoms with Crippen LogP contribution >= 0.6 is 0 Å². The summed E-state index contributed by atoms with van der Waals surface area (Å²) in [4.78, 5) is 36.6. The van der Waals surface area contributed by atoms with Crippen LogP contribution in [0.4, 0.5) is 4.79 Å². The highest BCUT2D eigenvalue weighted by atomic mass is 16.5. The van der Waals surface area contributed by atoms with E-state index >= 15 is 0 Å². The lowest BCUT2D eigenvalue weighted by molar-refractivity contribution is -0.148. The van der Waals surface area contributed by atoms with Crippen LogP contribution in [0.5, 0.6) is 0 Å². The third-order valence-corrected chi connectivity index (χ3v) is 6.61. The van der Waals surface area contributed by atoms with E-state index in [9.17, 15) is 19.5 Å². The molecular formula is C26H30N2O6. The molecule has 1 saturated heterocycles. The topological polar surface area (TPSA) is 114 Å². The van der Waals surface area contributed by atoms with Gasteiger partial charge in [-0.25, -0.2) is 9.59 Å². The first-order valence-corrected chi connectivity index (χ1v) is 11.6. The molecule has 1 aliphatic heterocycles. The molecular weight excluding hydrogens is 436 g/mol. The first-order valence-electron chi connectivity index (χ1n) is 11.6. The van der Waals surface area contributed by atoms with Crippen LogP contribution in [0.1, 0.15) is 37.3 Å². The number of carboxylic acids is 1. The number of aliphatic carboxylic acids is 1. The van der Waals surface area contributed by atoms with E-state index in [4.69, 9.17) is 9.47 Å². The third kappa shape index (κ3) is 4.92. The lowest BCUT2D eigenvalue weighted by Gasteiger charge is -2.24.